The van der Waals surface area contributed by atoms with Crippen LogP contribution < -0.4 is 5.32 Å². The highest BCUT2D eigenvalue weighted by molar-refractivity contribution is 5.86. The maximum absolute atomic E-state index is 12.4. The quantitative estimate of drug-likeness (QED) is 0.933. The predicted molar refractivity (Wildman–Crippen MR) is 98.2 cm³/mol. The van der Waals surface area contributed by atoms with Crippen LogP contribution in [-0.4, -0.2) is 29.8 Å². The Balaban J connectivity index is 1.52. The van der Waals surface area contributed by atoms with E-state index >= 15 is 0 Å². The first-order valence-electron chi connectivity index (χ1n) is 8.70. The number of carbonyl (C=O) groups is 2. The molecule has 4 nitrogen and oxygen atoms in total. The summed E-state index contributed by atoms with van der Waals surface area (Å²) in [6.45, 7) is 5.41. The molecule has 0 atom stereocenters. The average molecular weight is 336 g/mol. The molecule has 0 unspecified atom stereocenters. The summed E-state index contributed by atoms with van der Waals surface area (Å²) >= 11 is 0. The molecule has 1 heterocycles. The Morgan fingerprint density at radius 2 is 1.84 bits per heavy atom. The van der Waals surface area contributed by atoms with Crippen LogP contribution in [0.3, 0.4) is 0 Å². The van der Waals surface area contributed by atoms with Crippen molar-refractivity contribution in [1.82, 2.24) is 10.2 Å². The summed E-state index contributed by atoms with van der Waals surface area (Å²) in [6, 6.07) is 14.3. The number of carbonyl (C=O) groups excluding carboxylic acids is 2. The minimum Gasteiger partial charge on any atom is -0.347 e. The summed E-state index contributed by atoms with van der Waals surface area (Å²) in [4.78, 5) is 26.4. The minimum absolute atomic E-state index is 0.0242. The van der Waals surface area contributed by atoms with Gasteiger partial charge in [0.05, 0.1) is 13.0 Å². The molecule has 1 aliphatic heterocycles. The third-order valence-electron chi connectivity index (χ3n) is 4.78. The Hall–Kier alpha value is -2.62. The lowest BCUT2D eigenvalue weighted by Gasteiger charge is -2.29. The standard InChI is InChI=1S/C21H24N2O2/c1-15-7-8-16(2)19(11-15)12-20(24)22-13-21(25)23-10-9-17-5-3-4-6-18(17)14-23/h3-8,11H,9-10,12-14H2,1-2H3,(H,22,24). The molecule has 0 spiro atoms. The summed E-state index contributed by atoms with van der Waals surface area (Å²) in [5, 5.41) is 2.77. The molecule has 130 valence electrons. The van der Waals surface area contributed by atoms with Crippen molar-refractivity contribution in [1.29, 1.82) is 0 Å². The van der Waals surface area contributed by atoms with E-state index in [0.717, 1.165) is 23.1 Å². The van der Waals surface area contributed by atoms with E-state index in [2.05, 4.69) is 17.4 Å². The van der Waals surface area contributed by atoms with E-state index in [9.17, 15) is 9.59 Å². The Morgan fingerprint density at radius 1 is 1.08 bits per heavy atom. The van der Waals surface area contributed by atoms with E-state index < -0.39 is 0 Å². The first kappa shape index (κ1) is 17.2. The fourth-order valence-electron chi connectivity index (χ4n) is 3.22. The molecule has 0 bridgehead atoms. The number of hydrogen-bond donors (Lipinski definition) is 1. The van der Waals surface area contributed by atoms with Crippen LogP contribution in [0.5, 0.6) is 0 Å². The lowest BCUT2D eigenvalue weighted by atomic mass is 10.00. The molecule has 2 aromatic rings. The number of nitrogens with one attached hydrogen (secondary N) is 1. The number of benzene rings is 2. The number of fused-ring (bicyclic) bond motifs is 1. The number of hydrogen-bond acceptors (Lipinski definition) is 2. The van der Waals surface area contributed by atoms with E-state index in [1.807, 2.05) is 49.1 Å². The molecule has 4 heteroatoms. The summed E-state index contributed by atoms with van der Waals surface area (Å²) in [5.74, 6) is -0.136. The molecule has 0 saturated carbocycles. The first-order chi connectivity index (χ1) is 12.0. The molecule has 1 N–H and O–H groups in total. The SMILES string of the molecule is Cc1ccc(C)c(CC(=O)NCC(=O)N2CCc3ccccc3C2)c1. The van der Waals surface area contributed by atoms with Crippen molar-refractivity contribution in [3.05, 3.63) is 70.3 Å². The van der Waals surface area contributed by atoms with Gasteiger partial charge in [0.25, 0.3) is 0 Å². The molecular formula is C21H24N2O2. The highest BCUT2D eigenvalue weighted by atomic mass is 16.2. The zero-order valence-electron chi connectivity index (χ0n) is 14.8. The van der Waals surface area contributed by atoms with Gasteiger partial charge >= 0.3 is 0 Å². The third kappa shape index (κ3) is 4.27. The van der Waals surface area contributed by atoms with Gasteiger partial charge in [-0.3, -0.25) is 9.59 Å². The van der Waals surface area contributed by atoms with E-state index in [1.165, 1.54) is 11.1 Å². The lowest BCUT2D eigenvalue weighted by molar-refractivity contribution is -0.133. The molecular weight excluding hydrogens is 312 g/mol. The van der Waals surface area contributed by atoms with Crippen LogP contribution in [0.2, 0.25) is 0 Å². The summed E-state index contributed by atoms with van der Waals surface area (Å²) in [5.41, 5.74) is 5.75. The van der Waals surface area contributed by atoms with Gasteiger partial charge in [-0.05, 0) is 42.5 Å². The Bertz CT molecular complexity index is 798. The molecule has 25 heavy (non-hydrogen) atoms. The molecule has 0 aromatic heterocycles. The molecule has 2 amide bonds. The van der Waals surface area contributed by atoms with Crippen molar-refractivity contribution >= 4 is 11.8 Å². The highest BCUT2D eigenvalue weighted by Gasteiger charge is 2.20. The van der Waals surface area contributed by atoms with Crippen LogP contribution >= 0.6 is 0 Å². The van der Waals surface area contributed by atoms with Crippen molar-refractivity contribution in [3.63, 3.8) is 0 Å². The summed E-state index contributed by atoms with van der Waals surface area (Å²) in [6.07, 6.45) is 1.18. The van der Waals surface area contributed by atoms with E-state index in [4.69, 9.17) is 0 Å². The van der Waals surface area contributed by atoms with Crippen molar-refractivity contribution < 1.29 is 9.59 Å². The monoisotopic (exact) mass is 336 g/mol. The van der Waals surface area contributed by atoms with Crippen molar-refractivity contribution in [2.75, 3.05) is 13.1 Å². The van der Waals surface area contributed by atoms with Crippen LogP contribution in [0.15, 0.2) is 42.5 Å². The van der Waals surface area contributed by atoms with Gasteiger partial charge in [0.2, 0.25) is 11.8 Å². The molecule has 0 fully saturated rings. The van der Waals surface area contributed by atoms with Crippen molar-refractivity contribution in [3.8, 4) is 0 Å². The smallest absolute Gasteiger partial charge is 0.242 e. The Kier molecular flexibility index (Phi) is 5.17. The van der Waals surface area contributed by atoms with Crippen LogP contribution in [0.4, 0.5) is 0 Å². The number of nitrogens with zero attached hydrogens (tertiary/aromatic N) is 1. The van der Waals surface area contributed by atoms with Crippen LogP contribution in [0, 0.1) is 13.8 Å². The maximum Gasteiger partial charge on any atom is 0.242 e. The van der Waals surface area contributed by atoms with Gasteiger partial charge in [-0.15, -0.1) is 0 Å². The number of rotatable bonds is 4. The third-order valence-corrected chi connectivity index (χ3v) is 4.78. The first-order valence-corrected chi connectivity index (χ1v) is 8.70. The number of aryl methyl sites for hydroxylation is 2. The molecule has 0 aliphatic carbocycles. The van der Waals surface area contributed by atoms with Crippen molar-refractivity contribution in [2.45, 2.75) is 33.2 Å². The van der Waals surface area contributed by atoms with Gasteiger partial charge in [-0.1, -0.05) is 48.0 Å². The minimum atomic E-state index is -0.112. The van der Waals surface area contributed by atoms with E-state index in [1.54, 1.807) is 0 Å². The molecule has 3 rings (SSSR count). The van der Waals surface area contributed by atoms with E-state index in [-0.39, 0.29) is 18.4 Å². The second-order valence-corrected chi connectivity index (χ2v) is 6.72. The molecule has 2 aromatic carbocycles. The summed E-state index contributed by atoms with van der Waals surface area (Å²) < 4.78 is 0. The van der Waals surface area contributed by atoms with Gasteiger partial charge in [0, 0.05) is 13.1 Å². The Morgan fingerprint density at radius 3 is 2.64 bits per heavy atom. The molecule has 0 radical (unpaired) electrons. The zero-order chi connectivity index (χ0) is 17.8. The van der Waals surface area contributed by atoms with Gasteiger partial charge in [0.1, 0.15) is 0 Å². The fraction of sp³-hybridized carbons (Fsp3) is 0.333. The van der Waals surface area contributed by atoms with E-state index in [0.29, 0.717) is 19.5 Å². The van der Waals surface area contributed by atoms with Gasteiger partial charge < -0.3 is 10.2 Å². The molecule has 1 aliphatic rings. The second kappa shape index (κ2) is 7.51. The van der Waals surface area contributed by atoms with Gasteiger partial charge in [0.15, 0.2) is 0 Å². The Labute approximate surface area is 148 Å². The predicted octanol–water partition coefficient (Wildman–Crippen LogP) is 2.55. The van der Waals surface area contributed by atoms with Crippen LogP contribution in [-0.2, 0) is 29.0 Å². The van der Waals surface area contributed by atoms with Crippen LogP contribution in [0.25, 0.3) is 0 Å². The summed E-state index contributed by atoms with van der Waals surface area (Å²) in [7, 11) is 0. The van der Waals surface area contributed by atoms with Crippen LogP contribution in [0.1, 0.15) is 27.8 Å². The van der Waals surface area contributed by atoms with Crippen molar-refractivity contribution in [2.24, 2.45) is 0 Å². The van der Waals surface area contributed by atoms with Gasteiger partial charge in [-0.25, -0.2) is 0 Å². The second-order valence-electron chi connectivity index (χ2n) is 6.72. The largest absolute Gasteiger partial charge is 0.347 e. The normalized spacial score (nSPS) is 13.3. The highest BCUT2D eigenvalue weighted by Crippen LogP contribution is 2.18. The lowest BCUT2D eigenvalue weighted by Crippen LogP contribution is -2.42. The topological polar surface area (TPSA) is 49.4 Å². The maximum atomic E-state index is 12.4. The average Bonchev–Trinajstić information content (AvgIpc) is 2.62. The fourth-order valence-corrected chi connectivity index (χ4v) is 3.22. The zero-order valence-corrected chi connectivity index (χ0v) is 14.8. The molecule has 0 saturated heterocycles. The van der Waals surface area contributed by atoms with Gasteiger partial charge in [-0.2, -0.15) is 0 Å². The number of amides is 2.